The van der Waals surface area contributed by atoms with Gasteiger partial charge < -0.3 is 9.64 Å². The van der Waals surface area contributed by atoms with Crippen molar-refractivity contribution in [3.8, 4) is 6.07 Å². The highest BCUT2D eigenvalue weighted by atomic mass is 32.2. The second-order valence-corrected chi connectivity index (χ2v) is 9.23. The molecular formula is C22H23N3O5S. The van der Waals surface area contributed by atoms with E-state index in [0.717, 1.165) is 5.56 Å². The summed E-state index contributed by atoms with van der Waals surface area (Å²) in [5.41, 5.74) is 2.34. The molecule has 0 radical (unpaired) electrons. The van der Waals surface area contributed by atoms with Crippen LogP contribution in [0.25, 0.3) is 0 Å². The summed E-state index contributed by atoms with van der Waals surface area (Å²) in [5, 5.41) is 8.79. The minimum Gasteiger partial charge on any atom is -0.452 e. The van der Waals surface area contributed by atoms with E-state index in [4.69, 9.17) is 10.00 Å². The minimum absolute atomic E-state index is 0.172. The van der Waals surface area contributed by atoms with Crippen molar-refractivity contribution in [2.75, 3.05) is 32.8 Å². The second kappa shape index (κ2) is 9.29. The Morgan fingerprint density at radius 3 is 2.26 bits per heavy atom. The number of nitrogens with zero attached hydrogens (tertiary/aromatic N) is 3. The van der Waals surface area contributed by atoms with Crippen LogP contribution < -0.4 is 0 Å². The Kier molecular flexibility index (Phi) is 6.73. The average molecular weight is 442 g/mol. The number of rotatable bonds is 5. The van der Waals surface area contributed by atoms with E-state index in [1.807, 2.05) is 19.1 Å². The van der Waals surface area contributed by atoms with Crippen LogP contribution in [0.15, 0.2) is 47.4 Å². The van der Waals surface area contributed by atoms with E-state index in [1.54, 1.807) is 19.1 Å². The molecular weight excluding hydrogens is 418 g/mol. The highest BCUT2D eigenvalue weighted by Crippen LogP contribution is 2.22. The number of sulfonamides is 1. The number of piperazine rings is 1. The standard InChI is InChI=1S/C22H23N3O5S/c1-16-3-8-20(17(2)13-16)31(28,29)25-11-9-24(10-12-25)21(26)15-30-22(27)19-6-4-18(14-23)5-7-19/h3-8,13H,9-12,15H2,1-2H3. The summed E-state index contributed by atoms with van der Waals surface area (Å²) in [6, 6.07) is 13.1. The molecule has 0 aliphatic carbocycles. The van der Waals surface area contributed by atoms with Gasteiger partial charge in [-0.1, -0.05) is 17.7 Å². The van der Waals surface area contributed by atoms with Gasteiger partial charge in [0.1, 0.15) is 0 Å². The van der Waals surface area contributed by atoms with Gasteiger partial charge in [0.25, 0.3) is 5.91 Å². The lowest BCUT2D eigenvalue weighted by Crippen LogP contribution is -2.51. The van der Waals surface area contributed by atoms with E-state index >= 15 is 0 Å². The van der Waals surface area contributed by atoms with Crippen LogP contribution in [-0.4, -0.2) is 62.3 Å². The summed E-state index contributed by atoms with van der Waals surface area (Å²) in [4.78, 5) is 26.2. The molecule has 0 atom stereocenters. The third kappa shape index (κ3) is 5.10. The first-order valence-corrected chi connectivity index (χ1v) is 11.2. The van der Waals surface area contributed by atoms with Gasteiger partial charge in [0.15, 0.2) is 6.61 Å². The van der Waals surface area contributed by atoms with Crippen LogP contribution in [0.4, 0.5) is 0 Å². The van der Waals surface area contributed by atoms with Gasteiger partial charge in [-0.15, -0.1) is 0 Å². The first kappa shape index (κ1) is 22.5. The van der Waals surface area contributed by atoms with Gasteiger partial charge in [-0.2, -0.15) is 9.57 Å². The Morgan fingerprint density at radius 1 is 1.03 bits per heavy atom. The largest absolute Gasteiger partial charge is 0.452 e. The monoisotopic (exact) mass is 441 g/mol. The zero-order valence-corrected chi connectivity index (χ0v) is 18.2. The lowest BCUT2D eigenvalue weighted by Gasteiger charge is -2.34. The van der Waals surface area contributed by atoms with Crippen LogP contribution in [0.2, 0.25) is 0 Å². The van der Waals surface area contributed by atoms with Gasteiger partial charge in [0.2, 0.25) is 10.0 Å². The van der Waals surface area contributed by atoms with Gasteiger partial charge in [-0.3, -0.25) is 4.79 Å². The Labute approximate surface area is 181 Å². The lowest BCUT2D eigenvalue weighted by atomic mass is 10.1. The minimum atomic E-state index is -3.64. The number of hydrogen-bond acceptors (Lipinski definition) is 6. The molecule has 1 aliphatic rings. The zero-order valence-electron chi connectivity index (χ0n) is 17.4. The summed E-state index contributed by atoms with van der Waals surface area (Å²) < 4.78 is 32.3. The normalized spacial score (nSPS) is 14.7. The number of ether oxygens (including phenoxy) is 1. The van der Waals surface area contributed by atoms with Crippen molar-refractivity contribution in [3.05, 3.63) is 64.7 Å². The molecule has 0 saturated carbocycles. The van der Waals surface area contributed by atoms with E-state index in [-0.39, 0.29) is 42.5 Å². The quantitative estimate of drug-likeness (QED) is 0.656. The topological polar surface area (TPSA) is 108 Å². The number of carbonyl (C=O) groups excluding carboxylic acids is 2. The van der Waals surface area contributed by atoms with Gasteiger partial charge >= 0.3 is 5.97 Å². The maximum atomic E-state index is 12.9. The van der Waals surface area contributed by atoms with Crippen molar-refractivity contribution >= 4 is 21.9 Å². The van der Waals surface area contributed by atoms with Gasteiger partial charge in [0.05, 0.1) is 22.1 Å². The molecule has 0 aromatic heterocycles. The molecule has 3 rings (SSSR count). The zero-order chi connectivity index (χ0) is 22.6. The van der Waals surface area contributed by atoms with E-state index in [0.29, 0.717) is 11.1 Å². The van der Waals surface area contributed by atoms with Crippen molar-refractivity contribution in [3.63, 3.8) is 0 Å². The second-order valence-electron chi connectivity index (χ2n) is 7.32. The van der Waals surface area contributed by atoms with Crippen LogP contribution >= 0.6 is 0 Å². The Morgan fingerprint density at radius 2 is 1.68 bits per heavy atom. The molecule has 2 aromatic rings. The first-order valence-electron chi connectivity index (χ1n) is 9.75. The first-order chi connectivity index (χ1) is 14.7. The highest BCUT2D eigenvalue weighted by Gasteiger charge is 2.31. The number of nitriles is 1. The Hall–Kier alpha value is -3.22. The molecule has 8 nitrogen and oxygen atoms in total. The van der Waals surface area contributed by atoms with E-state index in [9.17, 15) is 18.0 Å². The number of benzene rings is 2. The van der Waals surface area contributed by atoms with Crippen molar-refractivity contribution in [1.29, 1.82) is 5.26 Å². The third-order valence-electron chi connectivity index (χ3n) is 5.12. The summed E-state index contributed by atoms with van der Waals surface area (Å²) in [6.45, 7) is 4.02. The number of carbonyl (C=O) groups is 2. The number of aryl methyl sites for hydroxylation is 2. The van der Waals surface area contributed by atoms with Crippen LogP contribution in [0.1, 0.15) is 27.0 Å². The predicted octanol–water partition coefficient (Wildman–Crippen LogP) is 1.87. The fourth-order valence-corrected chi connectivity index (χ4v) is 5.02. The van der Waals surface area contributed by atoms with Gasteiger partial charge in [0, 0.05) is 26.2 Å². The van der Waals surface area contributed by atoms with Crippen molar-refractivity contribution in [2.24, 2.45) is 0 Å². The molecule has 2 aromatic carbocycles. The van der Waals surface area contributed by atoms with Crippen molar-refractivity contribution < 1.29 is 22.7 Å². The smallest absolute Gasteiger partial charge is 0.338 e. The molecule has 1 amide bonds. The number of amides is 1. The average Bonchev–Trinajstić information content (AvgIpc) is 2.77. The van der Waals surface area contributed by atoms with Gasteiger partial charge in [-0.25, -0.2) is 13.2 Å². The molecule has 9 heteroatoms. The lowest BCUT2D eigenvalue weighted by molar-refractivity contribution is -0.135. The highest BCUT2D eigenvalue weighted by molar-refractivity contribution is 7.89. The molecule has 1 saturated heterocycles. The van der Waals surface area contributed by atoms with E-state index < -0.39 is 22.6 Å². The molecule has 0 N–H and O–H groups in total. The van der Waals surface area contributed by atoms with E-state index in [2.05, 4.69) is 0 Å². The fourth-order valence-electron chi connectivity index (χ4n) is 3.39. The summed E-state index contributed by atoms with van der Waals surface area (Å²) in [5.74, 6) is -1.04. The van der Waals surface area contributed by atoms with E-state index in [1.165, 1.54) is 33.5 Å². The van der Waals surface area contributed by atoms with Crippen LogP contribution in [0, 0.1) is 25.2 Å². The van der Waals surface area contributed by atoms with Crippen molar-refractivity contribution in [2.45, 2.75) is 18.7 Å². The molecule has 1 aliphatic heterocycles. The van der Waals surface area contributed by atoms with Crippen LogP contribution in [-0.2, 0) is 19.6 Å². The summed E-state index contributed by atoms with van der Waals surface area (Å²) in [6.07, 6.45) is 0. The number of esters is 1. The SMILES string of the molecule is Cc1ccc(S(=O)(=O)N2CCN(C(=O)COC(=O)c3ccc(C#N)cc3)CC2)c(C)c1. The summed E-state index contributed by atoms with van der Waals surface area (Å²) >= 11 is 0. The Balaban J connectivity index is 1.54. The predicted molar refractivity (Wildman–Crippen MR) is 113 cm³/mol. The van der Waals surface area contributed by atoms with Crippen LogP contribution in [0.5, 0.6) is 0 Å². The van der Waals surface area contributed by atoms with Crippen molar-refractivity contribution in [1.82, 2.24) is 9.21 Å². The molecule has 1 fully saturated rings. The fraction of sp³-hybridized carbons (Fsp3) is 0.318. The molecule has 31 heavy (non-hydrogen) atoms. The molecule has 0 bridgehead atoms. The number of hydrogen-bond donors (Lipinski definition) is 0. The molecule has 0 spiro atoms. The molecule has 162 valence electrons. The Bertz CT molecular complexity index is 1130. The molecule has 1 heterocycles. The summed E-state index contributed by atoms with van der Waals surface area (Å²) in [7, 11) is -3.64. The van der Waals surface area contributed by atoms with Gasteiger partial charge in [-0.05, 0) is 49.7 Å². The maximum absolute atomic E-state index is 12.9. The third-order valence-corrected chi connectivity index (χ3v) is 7.17. The maximum Gasteiger partial charge on any atom is 0.338 e. The molecule has 0 unspecified atom stereocenters. The van der Waals surface area contributed by atoms with Crippen LogP contribution in [0.3, 0.4) is 0 Å².